The molecule has 2 saturated heterocycles. The lowest BCUT2D eigenvalue weighted by atomic mass is 9.43. The minimum atomic E-state index is -2.30. The number of hydrogen-bond donors (Lipinski definition) is 1. The highest BCUT2D eigenvalue weighted by Crippen LogP contribution is 2.66. The maximum Gasteiger partial charge on any atom is 0.338 e. The summed E-state index contributed by atoms with van der Waals surface area (Å²) in [5, 5.41) is 14.0. The van der Waals surface area contributed by atoms with E-state index in [9.17, 15) is 14.7 Å². The van der Waals surface area contributed by atoms with Crippen molar-refractivity contribution >= 4 is 26.0 Å². The lowest BCUT2D eigenvalue weighted by molar-refractivity contribution is -0.351. The number of nitrogens with zero attached hydrogens (tertiary/aromatic N) is 1. The molecule has 6 rings (SSSR count). The van der Waals surface area contributed by atoms with Crippen molar-refractivity contribution in [3.05, 3.63) is 47.0 Å². The van der Waals surface area contributed by atoms with Crippen LogP contribution in [0.25, 0.3) is 0 Å². The number of morpholine rings is 1. The first-order valence-electron chi connectivity index (χ1n) is 20.7. The topological polar surface area (TPSA) is 139 Å². The molecule has 12 nitrogen and oxygen atoms in total. The molecule has 2 aliphatic heterocycles. The van der Waals surface area contributed by atoms with E-state index in [1.54, 1.807) is 24.3 Å². The Morgan fingerprint density at radius 1 is 1.04 bits per heavy atom. The van der Waals surface area contributed by atoms with Gasteiger partial charge >= 0.3 is 11.9 Å². The van der Waals surface area contributed by atoms with E-state index in [0.29, 0.717) is 31.7 Å². The molecule has 0 aromatic heterocycles. The smallest absolute Gasteiger partial charge is 0.338 e. The number of Topliss-reactive ketones (excluding diaryl/α,β-unsaturated/α-hetero) is 1. The predicted octanol–water partition coefficient (Wildman–Crippen LogP) is 5.72. The fourth-order valence-electron chi connectivity index (χ4n) is 11.1. The zero-order valence-electron chi connectivity index (χ0n) is 35.0. The second-order valence-corrected chi connectivity index (χ2v) is 22.2. The third-order valence-corrected chi connectivity index (χ3v) is 19.2. The molecule has 2 bridgehead atoms. The van der Waals surface area contributed by atoms with Gasteiger partial charge in [0.1, 0.15) is 30.4 Å². The minimum absolute atomic E-state index is 0.0324. The summed E-state index contributed by atoms with van der Waals surface area (Å²) >= 11 is 0. The molecule has 56 heavy (non-hydrogen) atoms. The summed E-state index contributed by atoms with van der Waals surface area (Å²) in [6.07, 6.45) is -2.58. The lowest BCUT2D eigenvalue weighted by Crippen LogP contribution is -2.81. The van der Waals surface area contributed by atoms with Crippen LogP contribution in [0.3, 0.4) is 0 Å². The van der Waals surface area contributed by atoms with Gasteiger partial charge in [-0.05, 0) is 68.2 Å². The number of carbonyl (C=O) groups excluding carboxylic acids is 3. The van der Waals surface area contributed by atoms with Gasteiger partial charge in [-0.2, -0.15) is 0 Å². The van der Waals surface area contributed by atoms with Crippen LogP contribution in [-0.2, 0) is 42.4 Å². The molecular weight excluding hydrogens is 735 g/mol. The van der Waals surface area contributed by atoms with E-state index in [-0.39, 0.29) is 32.0 Å². The van der Waals surface area contributed by atoms with Gasteiger partial charge in [-0.1, -0.05) is 52.8 Å². The molecule has 2 saturated carbocycles. The Kier molecular flexibility index (Phi) is 12.8. The average Bonchev–Trinajstić information content (AvgIpc) is 3.18. The average molecular weight is 800 g/mol. The molecule has 13 heteroatoms. The monoisotopic (exact) mass is 799 g/mol. The van der Waals surface area contributed by atoms with Crippen LogP contribution >= 0.6 is 0 Å². The van der Waals surface area contributed by atoms with Crippen LogP contribution in [0, 0.1) is 22.7 Å². The van der Waals surface area contributed by atoms with E-state index in [0.717, 1.165) is 42.4 Å². The number of aliphatic hydroxyl groups is 1. The summed E-state index contributed by atoms with van der Waals surface area (Å²) < 4.78 is 44.2. The quantitative estimate of drug-likeness (QED) is 0.107. The molecule has 0 radical (unpaired) electrons. The molecule has 2 heterocycles. The fraction of sp³-hybridized carbons (Fsp3) is 0.744. The van der Waals surface area contributed by atoms with Gasteiger partial charge in [-0.25, -0.2) is 4.79 Å². The Bertz CT molecular complexity index is 1620. The summed E-state index contributed by atoms with van der Waals surface area (Å²) in [7, 11) is -0.777. The van der Waals surface area contributed by atoms with Crippen LogP contribution < -0.4 is 0 Å². The van der Waals surface area contributed by atoms with Gasteiger partial charge in [0, 0.05) is 51.3 Å². The maximum atomic E-state index is 16.3. The van der Waals surface area contributed by atoms with E-state index in [2.05, 4.69) is 32.6 Å². The third-order valence-electron chi connectivity index (χ3n) is 14.6. The van der Waals surface area contributed by atoms with E-state index in [1.165, 1.54) is 14.0 Å². The van der Waals surface area contributed by atoms with E-state index < -0.39 is 78.5 Å². The predicted molar refractivity (Wildman–Crippen MR) is 211 cm³/mol. The molecular formula is C43H65NO11Si. The number of rotatable bonds is 14. The molecule has 312 valence electrons. The summed E-state index contributed by atoms with van der Waals surface area (Å²) in [5.41, 5.74) is -3.73. The highest BCUT2D eigenvalue weighted by atomic mass is 28.4. The number of ketones is 1. The highest BCUT2D eigenvalue weighted by molar-refractivity contribution is 6.73. The van der Waals surface area contributed by atoms with Gasteiger partial charge in [-0.15, -0.1) is 0 Å². The number of hydrogen-bond acceptors (Lipinski definition) is 12. The Morgan fingerprint density at radius 3 is 2.27 bits per heavy atom. The van der Waals surface area contributed by atoms with Crippen molar-refractivity contribution in [1.82, 2.24) is 4.90 Å². The normalized spacial score (nSPS) is 35.7. The molecule has 4 fully saturated rings. The molecule has 1 N–H and O–H groups in total. The third kappa shape index (κ3) is 7.16. The van der Waals surface area contributed by atoms with Gasteiger partial charge in [-0.3, -0.25) is 14.5 Å². The molecule has 3 aliphatic carbocycles. The first-order chi connectivity index (χ1) is 26.6. The summed E-state index contributed by atoms with van der Waals surface area (Å²) in [4.78, 5) is 46.3. The van der Waals surface area contributed by atoms with Crippen LogP contribution in [0.4, 0.5) is 0 Å². The Morgan fingerprint density at radius 2 is 1.70 bits per heavy atom. The van der Waals surface area contributed by atoms with Gasteiger partial charge < -0.3 is 38.0 Å². The van der Waals surface area contributed by atoms with Gasteiger partial charge in [0.25, 0.3) is 0 Å². The maximum absolute atomic E-state index is 16.3. The van der Waals surface area contributed by atoms with Gasteiger partial charge in [0.05, 0.1) is 48.9 Å². The van der Waals surface area contributed by atoms with E-state index in [1.807, 2.05) is 26.8 Å². The molecule has 0 unspecified atom stereocenters. The minimum Gasteiger partial charge on any atom is -0.455 e. The Hall–Kier alpha value is -2.49. The van der Waals surface area contributed by atoms with Crippen molar-refractivity contribution in [3.8, 4) is 0 Å². The molecule has 0 spiro atoms. The summed E-state index contributed by atoms with van der Waals surface area (Å²) in [6.45, 7) is 19.0. The standard InChI is InChI=1S/C43H65NO11Si/c1-10-56(11-2,12-3)55-32-25-43(48)38(53-39(47)30-16-14-13-15-17-30)36-41(8,33(52-27-49-9)24-34-42(36,26-51-34)54-29(5)45)37(46)31(35(28(32)4)40(43,6)7)18-19-44-20-22-50-23-21-44/h13-17,31-34,36,38,48H,10-12,18-27H2,1-9H3/t31-,32+,33+,34-,36+,38+,41-,42+,43-/m1/s1. The summed E-state index contributed by atoms with van der Waals surface area (Å²) in [5.74, 6) is -3.07. The van der Waals surface area contributed by atoms with Crippen LogP contribution in [0.2, 0.25) is 18.1 Å². The van der Waals surface area contributed by atoms with Crippen LogP contribution in [-0.4, -0.2) is 125 Å². The largest absolute Gasteiger partial charge is 0.455 e. The lowest BCUT2D eigenvalue weighted by Gasteiger charge is -2.68. The van der Waals surface area contributed by atoms with Crippen LogP contribution in [0.1, 0.15) is 85.0 Å². The second kappa shape index (κ2) is 16.6. The summed E-state index contributed by atoms with van der Waals surface area (Å²) in [6, 6.07) is 11.3. The number of methoxy groups -OCH3 is 1. The molecule has 5 aliphatic rings. The van der Waals surface area contributed by atoms with Crippen molar-refractivity contribution in [2.75, 3.05) is 53.4 Å². The second-order valence-electron chi connectivity index (χ2n) is 17.5. The van der Waals surface area contributed by atoms with E-state index >= 15 is 4.79 Å². The zero-order valence-corrected chi connectivity index (χ0v) is 36.0. The molecule has 9 atom stereocenters. The first kappa shape index (κ1) is 43.1. The van der Waals surface area contributed by atoms with E-state index in [4.69, 9.17) is 32.8 Å². The van der Waals surface area contributed by atoms with Gasteiger partial charge in [0.15, 0.2) is 13.9 Å². The Balaban J connectivity index is 1.65. The Labute approximate surface area is 334 Å². The number of fused-ring (bicyclic) bond motifs is 5. The molecule has 1 aromatic rings. The number of carbonyl (C=O) groups is 3. The van der Waals surface area contributed by atoms with Gasteiger partial charge in [0.2, 0.25) is 0 Å². The molecule has 1 aromatic carbocycles. The first-order valence-corrected chi connectivity index (χ1v) is 23.3. The number of ether oxygens (including phenoxy) is 6. The van der Waals surface area contributed by atoms with Crippen molar-refractivity contribution in [1.29, 1.82) is 0 Å². The number of esters is 2. The van der Waals surface area contributed by atoms with Crippen molar-refractivity contribution < 1.29 is 52.3 Å². The van der Waals surface area contributed by atoms with Crippen molar-refractivity contribution in [3.63, 3.8) is 0 Å². The fourth-order valence-corrected chi connectivity index (χ4v) is 14.0. The van der Waals surface area contributed by atoms with Crippen LogP contribution in [0.15, 0.2) is 41.5 Å². The van der Waals surface area contributed by atoms with Crippen molar-refractivity contribution in [2.24, 2.45) is 22.7 Å². The SMILES string of the molecule is CC[Si](CC)(CC)O[C@H]1C[C@@]2(O)[C@@H](OC(=O)c3ccccc3)[C@@H]3[C@]4(OC(C)=O)CO[C@@H]4C[C@H](OCOC)[C@@]3(C)C(=O)[C@H](CCN3CCOCC3)C(=C1C)C2(C)C. The number of benzene rings is 1. The van der Waals surface area contributed by atoms with Crippen LogP contribution in [0.5, 0.6) is 0 Å². The highest BCUT2D eigenvalue weighted by Gasteiger charge is 2.78. The van der Waals surface area contributed by atoms with Crippen molar-refractivity contribution in [2.45, 2.75) is 128 Å². The zero-order chi connectivity index (χ0) is 40.7. The molecule has 0 amide bonds.